The predicted molar refractivity (Wildman–Crippen MR) is 110 cm³/mol. The molecule has 1 saturated heterocycles. The smallest absolute Gasteiger partial charge is 0.252 e. The zero-order valence-electron chi connectivity index (χ0n) is 16.1. The molecule has 3 aromatic rings. The fourth-order valence-corrected chi connectivity index (χ4v) is 3.27. The van der Waals surface area contributed by atoms with Crippen LogP contribution >= 0.6 is 0 Å². The number of amides is 1. The number of hydrogen-bond donors (Lipinski definition) is 4. The summed E-state index contributed by atoms with van der Waals surface area (Å²) in [5, 5.41) is 10.3. The highest BCUT2D eigenvalue weighted by Crippen LogP contribution is 2.26. The summed E-state index contributed by atoms with van der Waals surface area (Å²) in [5.74, 6) is -1.34. The number of halogens is 1. The largest absolute Gasteiger partial charge is 0.380 e. The molecule has 0 aliphatic carbocycles. The molecule has 0 spiro atoms. The van der Waals surface area contributed by atoms with E-state index in [1.807, 2.05) is 30.5 Å². The van der Waals surface area contributed by atoms with Crippen LogP contribution in [0.25, 0.3) is 5.69 Å². The zero-order chi connectivity index (χ0) is 21.1. The average molecular weight is 411 g/mol. The van der Waals surface area contributed by atoms with Crippen molar-refractivity contribution >= 4 is 23.2 Å². The molecule has 3 heterocycles. The number of rotatable bonds is 6. The zero-order valence-corrected chi connectivity index (χ0v) is 16.1. The number of anilines is 3. The number of nitrogens with two attached hydrogens (primary N) is 2. The summed E-state index contributed by atoms with van der Waals surface area (Å²) in [7, 11) is 0. The highest BCUT2D eigenvalue weighted by Gasteiger charge is 2.25. The molecule has 2 aromatic heterocycles. The number of carbonyl (C=O) groups excluding carboxylic acids is 1. The van der Waals surface area contributed by atoms with Crippen LogP contribution < -0.4 is 22.1 Å². The van der Waals surface area contributed by atoms with Crippen LogP contribution in [-0.4, -0.2) is 46.0 Å². The van der Waals surface area contributed by atoms with Crippen molar-refractivity contribution in [1.82, 2.24) is 14.8 Å². The van der Waals surface area contributed by atoms with Crippen LogP contribution in [0.3, 0.4) is 0 Å². The molecule has 2 atom stereocenters. The monoisotopic (exact) mass is 411 g/mol. The lowest BCUT2D eigenvalue weighted by Crippen LogP contribution is -2.47. The van der Waals surface area contributed by atoms with Gasteiger partial charge in [0.15, 0.2) is 11.6 Å². The van der Waals surface area contributed by atoms with Crippen LogP contribution in [0.1, 0.15) is 16.8 Å². The normalized spacial score (nSPS) is 18.7. The van der Waals surface area contributed by atoms with Crippen LogP contribution in [-0.2, 0) is 4.74 Å². The van der Waals surface area contributed by atoms with Crippen molar-refractivity contribution < 1.29 is 13.9 Å². The van der Waals surface area contributed by atoms with Gasteiger partial charge in [0.1, 0.15) is 5.82 Å². The Morgan fingerprint density at radius 3 is 2.87 bits per heavy atom. The summed E-state index contributed by atoms with van der Waals surface area (Å²) >= 11 is 0. The van der Waals surface area contributed by atoms with Gasteiger partial charge in [0.2, 0.25) is 0 Å². The van der Waals surface area contributed by atoms with Crippen LogP contribution in [0, 0.1) is 5.82 Å². The van der Waals surface area contributed by atoms with Gasteiger partial charge in [-0.1, -0.05) is 6.07 Å². The van der Waals surface area contributed by atoms with Crippen molar-refractivity contribution in [3.8, 4) is 5.69 Å². The predicted octanol–water partition coefficient (Wildman–Crippen LogP) is 1.78. The minimum Gasteiger partial charge on any atom is -0.380 e. The molecule has 30 heavy (non-hydrogen) atoms. The van der Waals surface area contributed by atoms with Gasteiger partial charge in [-0.15, -0.1) is 0 Å². The van der Waals surface area contributed by atoms with E-state index in [2.05, 4.69) is 20.7 Å². The van der Waals surface area contributed by atoms with Gasteiger partial charge >= 0.3 is 0 Å². The number of nitrogens with zero attached hydrogens (tertiary/aromatic N) is 3. The Kier molecular flexibility index (Phi) is 5.59. The third-order valence-electron chi connectivity index (χ3n) is 4.84. The number of hydrogen-bond acceptors (Lipinski definition) is 7. The van der Waals surface area contributed by atoms with Crippen LogP contribution in [0.15, 0.2) is 48.8 Å². The molecule has 0 radical (unpaired) electrons. The molecule has 4 rings (SSSR count). The first-order chi connectivity index (χ1) is 14.5. The molecule has 1 aliphatic rings. The first-order valence-electron chi connectivity index (χ1n) is 9.48. The van der Waals surface area contributed by atoms with Crippen molar-refractivity contribution in [2.45, 2.75) is 18.5 Å². The molecule has 0 bridgehead atoms. The first-order valence-corrected chi connectivity index (χ1v) is 9.48. The minimum absolute atomic E-state index is 0.00641. The molecule has 6 N–H and O–H groups in total. The third-order valence-corrected chi connectivity index (χ3v) is 4.84. The number of carbonyl (C=O) groups is 1. The molecule has 1 aliphatic heterocycles. The molecular formula is C20H22FN7O2. The summed E-state index contributed by atoms with van der Waals surface area (Å²) < 4.78 is 21.6. The Balaban J connectivity index is 1.64. The first kappa shape index (κ1) is 19.8. The molecule has 10 heteroatoms. The number of pyridine rings is 1. The highest BCUT2D eigenvalue weighted by atomic mass is 19.1. The van der Waals surface area contributed by atoms with Gasteiger partial charge in [-0.25, -0.2) is 14.1 Å². The van der Waals surface area contributed by atoms with Gasteiger partial charge in [-0.2, -0.15) is 5.10 Å². The van der Waals surface area contributed by atoms with E-state index in [0.717, 1.165) is 11.8 Å². The van der Waals surface area contributed by atoms with Crippen LogP contribution in [0.2, 0.25) is 0 Å². The number of aromatic nitrogens is 3. The van der Waals surface area contributed by atoms with Gasteiger partial charge in [0.25, 0.3) is 5.91 Å². The minimum atomic E-state index is -0.790. The molecule has 1 amide bonds. The Bertz CT molecular complexity index is 1040. The molecule has 0 saturated carbocycles. The fourth-order valence-electron chi connectivity index (χ4n) is 3.27. The van der Waals surface area contributed by atoms with E-state index < -0.39 is 11.7 Å². The lowest BCUT2D eigenvalue weighted by molar-refractivity contribution is 0.0751. The fraction of sp³-hybridized carbons (Fsp3) is 0.250. The van der Waals surface area contributed by atoms with Gasteiger partial charge in [-0.3, -0.25) is 4.79 Å². The molecule has 9 nitrogen and oxygen atoms in total. The Labute approximate surface area is 172 Å². The lowest BCUT2D eigenvalue weighted by Gasteiger charge is -2.30. The SMILES string of the molecule is NC(=O)c1cc(F)c(N[C@@H]2CCOC[C@@H]2N)nc1Nc1cccc(-n2cccn2)c1. The van der Waals surface area contributed by atoms with Crippen molar-refractivity contribution in [2.75, 3.05) is 23.8 Å². The van der Waals surface area contributed by atoms with Crippen LogP contribution in [0.5, 0.6) is 0 Å². The van der Waals surface area contributed by atoms with Gasteiger partial charge in [0, 0.05) is 36.8 Å². The maximum atomic E-state index is 14.6. The summed E-state index contributed by atoms with van der Waals surface area (Å²) in [6.45, 7) is 0.904. The quantitative estimate of drug-likeness (QED) is 0.486. The van der Waals surface area contributed by atoms with Gasteiger partial charge < -0.3 is 26.8 Å². The van der Waals surface area contributed by atoms with Crippen molar-refractivity contribution in [2.24, 2.45) is 11.5 Å². The third kappa shape index (κ3) is 4.24. The van der Waals surface area contributed by atoms with Crippen LogP contribution in [0.4, 0.5) is 21.7 Å². The highest BCUT2D eigenvalue weighted by molar-refractivity contribution is 5.98. The van der Waals surface area contributed by atoms with Gasteiger partial charge in [0.05, 0.1) is 17.9 Å². The maximum Gasteiger partial charge on any atom is 0.252 e. The summed E-state index contributed by atoms with van der Waals surface area (Å²) in [6, 6.07) is 9.72. The lowest BCUT2D eigenvalue weighted by atomic mass is 10.0. The van der Waals surface area contributed by atoms with E-state index in [0.29, 0.717) is 25.3 Å². The van der Waals surface area contributed by atoms with E-state index in [1.165, 1.54) is 0 Å². The van der Waals surface area contributed by atoms with E-state index in [1.54, 1.807) is 16.9 Å². The van der Waals surface area contributed by atoms with E-state index >= 15 is 0 Å². The Morgan fingerprint density at radius 2 is 2.13 bits per heavy atom. The second kappa shape index (κ2) is 8.47. The molecule has 1 aromatic carbocycles. The molecule has 156 valence electrons. The van der Waals surface area contributed by atoms with Crippen molar-refractivity contribution in [3.05, 3.63) is 60.2 Å². The molecule has 1 fully saturated rings. The summed E-state index contributed by atoms with van der Waals surface area (Å²) in [6.07, 6.45) is 4.10. The number of primary amides is 1. The Morgan fingerprint density at radius 1 is 1.27 bits per heavy atom. The average Bonchev–Trinajstić information content (AvgIpc) is 3.27. The van der Waals surface area contributed by atoms with Gasteiger partial charge in [-0.05, 0) is 36.8 Å². The maximum absolute atomic E-state index is 14.6. The molecular weight excluding hydrogens is 389 g/mol. The summed E-state index contributed by atoms with van der Waals surface area (Å²) in [4.78, 5) is 16.2. The van der Waals surface area contributed by atoms with E-state index in [-0.39, 0.29) is 29.3 Å². The van der Waals surface area contributed by atoms with Crippen molar-refractivity contribution in [1.29, 1.82) is 0 Å². The van der Waals surface area contributed by atoms with E-state index in [4.69, 9.17) is 16.2 Å². The van der Waals surface area contributed by atoms with E-state index in [9.17, 15) is 9.18 Å². The summed E-state index contributed by atoms with van der Waals surface area (Å²) in [5.41, 5.74) is 12.9. The van der Waals surface area contributed by atoms with Crippen molar-refractivity contribution in [3.63, 3.8) is 0 Å². The molecule has 0 unspecified atom stereocenters. The standard InChI is InChI=1S/C20H22FN7O2/c21-15-10-14(18(23)29)19(27-20(15)26-17-5-8-30-11-16(17)22)25-12-3-1-4-13(9-12)28-7-2-6-24-28/h1-4,6-7,9-10,16-17H,5,8,11,22H2,(H2,23,29)(H2,25,26,27)/t16-,17+/m0/s1. The number of ether oxygens (including phenoxy) is 1. The second-order valence-electron chi connectivity index (χ2n) is 6.98. The topological polar surface area (TPSA) is 133 Å². The number of nitrogens with one attached hydrogen (secondary N) is 2. The number of benzene rings is 1. The Hall–Kier alpha value is -3.50. The second-order valence-corrected chi connectivity index (χ2v) is 6.98.